The van der Waals surface area contributed by atoms with Gasteiger partial charge in [0.1, 0.15) is 17.7 Å². The molecule has 2 atom stereocenters. The summed E-state index contributed by atoms with van der Waals surface area (Å²) in [7, 11) is 0. The number of para-hydroxylation sites is 1. The normalized spacial score (nSPS) is 12.9. The second-order valence-electron chi connectivity index (χ2n) is 11.5. The maximum absolute atomic E-state index is 14.3. The van der Waals surface area contributed by atoms with Crippen molar-refractivity contribution in [2.24, 2.45) is 5.92 Å². The van der Waals surface area contributed by atoms with Gasteiger partial charge in [-0.05, 0) is 69.2 Å². The van der Waals surface area contributed by atoms with Gasteiger partial charge in [0.05, 0.1) is 10.7 Å². The van der Waals surface area contributed by atoms with Crippen molar-refractivity contribution in [3.05, 3.63) is 64.2 Å². The zero-order chi connectivity index (χ0) is 30.0. The van der Waals surface area contributed by atoms with Gasteiger partial charge in [-0.25, -0.2) is 4.79 Å². The molecule has 40 heavy (non-hydrogen) atoms. The van der Waals surface area contributed by atoms with Crippen LogP contribution in [0.1, 0.15) is 90.5 Å². The molecule has 220 valence electrons. The highest BCUT2D eigenvalue weighted by atomic mass is 35.5. The summed E-state index contributed by atoms with van der Waals surface area (Å²) in [5, 5.41) is 6.18. The van der Waals surface area contributed by atoms with Crippen molar-refractivity contribution in [2.45, 2.75) is 98.8 Å². The molecule has 8 heteroatoms. The van der Waals surface area contributed by atoms with Crippen molar-refractivity contribution in [3.63, 3.8) is 0 Å². The van der Waals surface area contributed by atoms with E-state index in [0.717, 1.165) is 30.4 Å². The zero-order valence-electron chi connectivity index (χ0n) is 25.3. The number of carbonyl (C=O) groups is 3. The Morgan fingerprint density at radius 3 is 2.17 bits per heavy atom. The van der Waals surface area contributed by atoms with E-state index in [9.17, 15) is 14.4 Å². The Bertz CT molecular complexity index is 1120. The first-order valence-electron chi connectivity index (χ1n) is 14.2. The van der Waals surface area contributed by atoms with E-state index in [2.05, 4.69) is 24.5 Å². The molecule has 0 saturated carbocycles. The summed E-state index contributed by atoms with van der Waals surface area (Å²) < 4.78 is 5.46. The Morgan fingerprint density at radius 2 is 1.65 bits per heavy atom. The monoisotopic (exact) mass is 571 g/mol. The van der Waals surface area contributed by atoms with Crippen LogP contribution in [0.2, 0.25) is 5.02 Å². The standard InChI is InChI=1S/C32H46ClN3O4/c1-9-11-12-20-36(30(38)26(21(3)4)35-31(39)40-32(6,7)8)28(24-18-16-23(10-2)17-19-24)29(37)34-27-22(5)14-13-15-25(27)33/h13-19,21,26,28H,9-12,20H2,1-8H3,(H,34,37)(H,35,39). The van der Waals surface area contributed by atoms with Gasteiger partial charge in [-0.3, -0.25) is 9.59 Å². The molecule has 2 rings (SSSR count). The van der Waals surface area contributed by atoms with E-state index in [4.69, 9.17) is 16.3 Å². The van der Waals surface area contributed by atoms with Crippen molar-refractivity contribution in [3.8, 4) is 0 Å². The fourth-order valence-electron chi connectivity index (χ4n) is 4.42. The number of rotatable bonds is 12. The molecule has 0 saturated heterocycles. The Morgan fingerprint density at radius 1 is 1.00 bits per heavy atom. The molecule has 0 aliphatic heterocycles. The van der Waals surface area contributed by atoms with E-state index in [1.165, 1.54) is 0 Å². The number of benzene rings is 2. The van der Waals surface area contributed by atoms with E-state index in [-0.39, 0.29) is 17.7 Å². The molecule has 2 N–H and O–H groups in total. The van der Waals surface area contributed by atoms with Crippen molar-refractivity contribution >= 4 is 35.2 Å². The second-order valence-corrected chi connectivity index (χ2v) is 11.9. The number of nitrogens with one attached hydrogen (secondary N) is 2. The largest absolute Gasteiger partial charge is 0.444 e. The molecule has 0 aliphatic rings. The van der Waals surface area contributed by atoms with Crippen LogP contribution < -0.4 is 10.6 Å². The van der Waals surface area contributed by atoms with Crippen LogP contribution in [0, 0.1) is 12.8 Å². The third-order valence-corrected chi connectivity index (χ3v) is 6.94. The van der Waals surface area contributed by atoms with Crippen molar-refractivity contribution in [1.29, 1.82) is 0 Å². The number of aryl methyl sites for hydroxylation is 2. The molecule has 0 bridgehead atoms. The SMILES string of the molecule is CCCCCN(C(=O)C(NC(=O)OC(C)(C)C)C(C)C)C(C(=O)Nc1c(C)cccc1Cl)c1ccc(CC)cc1. The van der Waals surface area contributed by atoms with Gasteiger partial charge in [0, 0.05) is 6.54 Å². The lowest BCUT2D eigenvalue weighted by molar-refractivity contribution is -0.141. The van der Waals surface area contributed by atoms with Crippen LogP contribution in [0.4, 0.5) is 10.5 Å². The van der Waals surface area contributed by atoms with E-state index >= 15 is 0 Å². The molecule has 0 aliphatic carbocycles. The van der Waals surface area contributed by atoms with E-state index < -0.39 is 23.8 Å². The number of anilines is 1. The molecular weight excluding hydrogens is 526 g/mol. The minimum atomic E-state index is -0.937. The molecule has 7 nitrogen and oxygen atoms in total. The topological polar surface area (TPSA) is 87.7 Å². The molecule has 0 fully saturated rings. The highest BCUT2D eigenvalue weighted by Gasteiger charge is 2.37. The fraction of sp³-hybridized carbons (Fsp3) is 0.531. The fourth-order valence-corrected chi connectivity index (χ4v) is 4.68. The van der Waals surface area contributed by atoms with Gasteiger partial charge in [0.2, 0.25) is 5.91 Å². The second kappa shape index (κ2) is 15.1. The highest BCUT2D eigenvalue weighted by molar-refractivity contribution is 6.34. The number of alkyl carbamates (subject to hydrolysis) is 1. The Kier molecular flexibility index (Phi) is 12.5. The van der Waals surface area contributed by atoms with Crippen molar-refractivity contribution < 1.29 is 19.1 Å². The predicted octanol–water partition coefficient (Wildman–Crippen LogP) is 7.46. The van der Waals surface area contributed by atoms with Crippen LogP contribution in [0.5, 0.6) is 0 Å². The summed E-state index contributed by atoms with van der Waals surface area (Å²) in [4.78, 5) is 42.7. The average molecular weight is 572 g/mol. The van der Waals surface area contributed by atoms with Crippen molar-refractivity contribution in [2.75, 3.05) is 11.9 Å². The van der Waals surface area contributed by atoms with Gasteiger partial charge in [-0.2, -0.15) is 0 Å². The summed E-state index contributed by atoms with van der Waals surface area (Å²) in [6.07, 6.45) is 2.73. The average Bonchev–Trinajstić information content (AvgIpc) is 2.87. The molecule has 0 heterocycles. The highest BCUT2D eigenvalue weighted by Crippen LogP contribution is 2.30. The summed E-state index contributed by atoms with van der Waals surface area (Å²) >= 11 is 6.45. The van der Waals surface area contributed by atoms with Crippen LogP contribution in [0.15, 0.2) is 42.5 Å². The first-order chi connectivity index (χ1) is 18.8. The lowest BCUT2D eigenvalue weighted by Crippen LogP contribution is -2.54. The van der Waals surface area contributed by atoms with Gasteiger partial charge in [-0.15, -0.1) is 0 Å². The predicted molar refractivity (Wildman–Crippen MR) is 163 cm³/mol. The quantitative estimate of drug-likeness (QED) is 0.259. The molecule has 0 spiro atoms. The van der Waals surface area contributed by atoms with Crippen LogP contribution in [0.3, 0.4) is 0 Å². The molecular formula is C32H46ClN3O4. The molecule has 2 aromatic carbocycles. The van der Waals surface area contributed by atoms with Crippen LogP contribution in [-0.2, 0) is 20.7 Å². The third-order valence-electron chi connectivity index (χ3n) is 6.62. The van der Waals surface area contributed by atoms with Crippen LogP contribution >= 0.6 is 11.6 Å². The van der Waals surface area contributed by atoms with E-state index in [1.807, 2.05) is 57.2 Å². The first-order valence-corrected chi connectivity index (χ1v) is 14.6. The zero-order valence-corrected chi connectivity index (χ0v) is 26.0. The minimum Gasteiger partial charge on any atom is -0.444 e. The smallest absolute Gasteiger partial charge is 0.408 e. The number of unbranched alkanes of at least 4 members (excludes halogenated alkanes) is 2. The number of halogens is 1. The van der Waals surface area contributed by atoms with Crippen LogP contribution in [-0.4, -0.2) is 41.0 Å². The molecule has 3 amide bonds. The third kappa shape index (κ3) is 9.54. The summed E-state index contributed by atoms with van der Waals surface area (Å²) in [5.41, 5.74) is 2.42. The number of ether oxygens (including phenoxy) is 1. The lowest BCUT2D eigenvalue weighted by Gasteiger charge is -2.36. The van der Waals surface area contributed by atoms with E-state index in [1.54, 1.807) is 31.7 Å². The number of hydrogen-bond donors (Lipinski definition) is 2. The Labute approximate surface area is 245 Å². The first kappa shape index (κ1) is 33.1. The lowest BCUT2D eigenvalue weighted by atomic mass is 9.97. The Hall–Kier alpha value is -3.06. The van der Waals surface area contributed by atoms with Gasteiger partial charge in [-0.1, -0.05) is 88.5 Å². The molecule has 0 aromatic heterocycles. The van der Waals surface area contributed by atoms with Gasteiger partial charge < -0.3 is 20.3 Å². The van der Waals surface area contributed by atoms with Gasteiger partial charge in [0.15, 0.2) is 0 Å². The number of carbonyl (C=O) groups excluding carboxylic acids is 3. The Balaban J connectivity index is 2.58. The maximum atomic E-state index is 14.3. The summed E-state index contributed by atoms with van der Waals surface area (Å²) in [5.74, 6) is -0.955. The molecule has 2 unspecified atom stereocenters. The van der Waals surface area contributed by atoms with Gasteiger partial charge in [0.25, 0.3) is 5.91 Å². The van der Waals surface area contributed by atoms with Gasteiger partial charge >= 0.3 is 6.09 Å². The molecule has 0 radical (unpaired) electrons. The van der Waals surface area contributed by atoms with Crippen LogP contribution in [0.25, 0.3) is 0 Å². The minimum absolute atomic E-state index is 0.245. The van der Waals surface area contributed by atoms with E-state index in [0.29, 0.717) is 29.2 Å². The molecule has 2 aromatic rings. The number of hydrogen-bond acceptors (Lipinski definition) is 4. The maximum Gasteiger partial charge on any atom is 0.408 e. The number of nitrogens with zero attached hydrogens (tertiary/aromatic N) is 1. The summed E-state index contributed by atoms with van der Waals surface area (Å²) in [6.45, 7) is 15.4. The summed E-state index contributed by atoms with van der Waals surface area (Å²) in [6, 6.07) is 11.3. The van der Waals surface area contributed by atoms with Crippen molar-refractivity contribution in [1.82, 2.24) is 10.2 Å². The number of amides is 3.